The van der Waals surface area contributed by atoms with Gasteiger partial charge in [0.25, 0.3) is 0 Å². The molecule has 0 saturated carbocycles. The Labute approximate surface area is 89.0 Å². The standard InChI is InChI=1S/C13H12N2/c1-2-8-13-12(6-1)7-5-11-15(13)14-9-3-4-10-14/h1-6,8-11H,7H2. The number of fused-ring (bicyclic) bond motifs is 1. The van der Waals surface area contributed by atoms with Crippen LogP contribution in [0.5, 0.6) is 0 Å². The van der Waals surface area contributed by atoms with E-state index in [1.807, 2.05) is 24.5 Å². The molecular formula is C13H12N2. The van der Waals surface area contributed by atoms with Crippen LogP contribution < -0.4 is 5.01 Å². The number of rotatable bonds is 1. The molecule has 0 atom stereocenters. The normalized spacial score (nSPS) is 14.0. The molecule has 3 rings (SSSR count). The highest BCUT2D eigenvalue weighted by molar-refractivity contribution is 5.58. The molecule has 0 saturated heterocycles. The first-order valence-corrected chi connectivity index (χ1v) is 5.12. The summed E-state index contributed by atoms with van der Waals surface area (Å²) in [5, 5.41) is 2.15. The van der Waals surface area contributed by atoms with Gasteiger partial charge in [0.15, 0.2) is 0 Å². The highest BCUT2D eigenvalue weighted by Gasteiger charge is 2.11. The average molecular weight is 196 g/mol. The Balaban J connectivity index is 2.11. The SMILES string of the molecule is C1=CN(n2cccc2)c2ccccc2C1. The van der Waals surface area contributed by atoms with Crippen molar-refractivity contribution in [1.82, 2.24) is 4.68 Å². The summed E-state index contributed by atoms with van der Waals surface area (Å²) in [5.74, 6) is 0. The Morgan fingerprint density at radius 1 is 0.933 bits per heavy atom. The molecule has 1 aromatic heterocycles. The van der Waals surface area contributed by atoms with Crippen LogP contribution in [0.3, 0.4) is 0 Å². The van der Waals surface area contributed by atoms with Gasteiger partial charge in [-0.1, -0.05) is 24.3 Å². The van der Waals surface area contributed by atoms with Gasteiger partial charge in [0.2, 0.25) is 0 Å². The van der Waals surface area contributed by atoms with E-state index in [2.05, 4.69) is 46.2 Å². The van der Waals surface area contributed by atoms with Crippen LogP contribution in [0.1, 0.15) is 5.56 Å². The van der Waals surface area contributed by atoms with Gasteiger partial charge in [-0.05, 0) is 30.2 Å². The fraction of sp³-hybridized carbons (Fsp3) is 0.0769. The van der Waals surface area contributed by atoms with Gasteiger partial charge in [0.05, 0.1) is 5.69 Å². The number of hydrogen-bond donors (Lipinski definition) is 0. The summed E-state index contributed by atoms with van der Waals surface area (Å²) in [7, 11) is 0. The van der Waals surface area contributed by atoms with E-state index < -0.39 is 0 Å². The predicted octanol–water partition coefficient (Wildman–Crippen LogP) is 2.83. The Hall–Kier alpha value is -1.96. The fourth-order valence-corrected chi connectivity index (χ4v) is 1.94. The van der Waals surface area contributed by atoms with Crippen LogP contribution >= 0.6 is 0 Å². The van der Waals surface area contributed by atoms with Crippen LogP contribution in [0.15, 0.2) is 61.1 Å². The van der Waals surface area contributed by atoms with Gasteiger partial charge in [0, 0.05) is 18.6 Å². The molecule has 0 radical (unpaired) electrons. The zero-order chi connectivity index (χ0) is 10.1. The van der Waals surface area contributed by atoms with E-state index in [1.165, 1.54) is 11.3 Å². The van der Waals surface area contributed by atoms with Gasteiger partial charge in [-0.2, -0.15) is 0 Å². The van der Waals surface area contributed by atoms with Gasteiger partial charge < -0.3 is 0 Å². The Morgan fingerprint density at radius 2 is 1.73 bits per heavy atom. The van der Waals surface area contributed by atoms with Gasteiger partial charge in [-0.3, -0.25) is 9.69 Å². The Bertz CT molecular complexity index is 483. The van der Waals surface area contributed by atoms with Crippen molar-refractivity contribution in [3.05, 3.63) is 66.6 Å². The number of anilines is 1. The molecule has 0 N–H and O–H groups in total. The zero-order valence-corrected chi connectivity index (χ0v) is 8.38. The van der Waals surface area contributed by atoms with E-state index in [1.54, 1.807) is 0 Å². The Kier molecular flexibility index (Phi) is 1.85. The minimum atomic E-state index is 1.02. The third-order valence-electron chi connectivity index (χ3n) is 2.66. The lowest BCUT2D eigenvalue weighted by Gasteiger charge is -2.27. The number of benzene rings is 1. The maximum Gasteiger partial charge on any atom is 0.0664 e. The van der Waals surface area contributed by atoms with Crippen molar-refractivity contribution in [2.75, 3.05) is 5.01 Å². The molecule has 2 aromatic rings. The van der Waals surface area contributed by atoms with Crippen molar-refractivity contribution >= 4 is 5.69 Å². The molecule has 0 amide bonds. The molecule has 1 aliphatic rings. The molecular weight excluding hydrogens is 184 g/mol. The molecule has 2 heteroatoms. The van der Waals surface area contributed by atoms with E-state index in [-0.39, 0.29) is 0 Å². The second-order valence-corrected chi connectivity index (χ2v) is 3.63. The summed E-state index contributed by atoms with van der Waals surface area (Å²) in [6.07, 6.45) is 9.41. The van der Waals surface area contributed by atoms with Crippen molar-refractivity contribution in [2.45, 2.75) is 6.42 Å². The summed E-state index contributed by atoms with van der Waals surface area (Å²) in [4.78, 5) is 0. The third-order valence-corrected chi connectivity index (χ3v) is 2.66. The van der Waals surface area contributed by atoms with Crippen molar-refractivity contribution in [2.24, 2.45) is 0 Å². The highest BCUT2D eigenvalue weighted by Crippen LogP contribution is 2.25. The molecule has 0 bridgehead atoms. The predicted molar refractivity (Wildman–Crippen MR) is 61.6 cm³/mol. The summed E-state index contributed by atoms with van der Waals surface area (Å²) >= 11 is 0. The molecule has 1 aromatic carbocycles. The van der Waals surface area contributed by atoms with Crippen molar-refractivity contribution in [3.63, 3.8) is 0 Å². The quantitative estimate of drug-likeness (QED) is 0.681. The molecule has 2 heterocycles. The van der Waals surface area contributed by atoms with Gasteiger partial charge in [0.1, 0.15) is 0 Å². The lowest BCUT2D eigenvalue weighted by atomic mass is 10.1. The van der Waals surface area contributed by atoms with Gasteiger partial charge in [-0.15, -0.1) is 0 Å². The summed E-state index contributed by atoms with van der Waals surface area (Å²) in [5.41, 5.74) is 2.63. The summed E-state index contributed by atoms with van der Waals surface area (Å²) in [6.45, 7) is 0. The number of allylic oxidation sites excluding steroid dienone is 1. The van der Waals surface area contributed by atoms with Crippen LogP contribution in [-0.2, 0) is 6.42 Å². The first-order chi connectivity index (χ1) is 7.45. The number of hydrogen-bond acceptors (Lipinski definition) is 1. The zero-order valence-electron chi connectivity index (χ0n) is 8.38. The van der Waals surface area contributed by atoms with E-state index in [0.29, 0.717) is 0 Å². The number of aromatic nitrogens is 1. The average Bonchev–Trinajstić information content (AvgIpc) is 2.82. The topological polar surface area (TPSA) is 8.17 Å². The minimum absolute atomic E-state index is 1.02. The molecule has 1 aliphatic heterocycles. The van der Waals surface area contributed by atoms with E-state index >= 15 is 0 Å². The van der Waals surface area contributed by atoms with Crippen molar-refractivity contribution in [3.8, 4) is 0 Å². The lowest BCUT2D eigenvalue weighted by Crippen LogP contribution is -2.24. The monoisotopic (exact) mass is 196 g/mol. The fourth-order valence-electron chi connectivity index (χ4n) is 1.94. The second-order valence-electron chi connectivity index (χ2n) is 3.63. The summed E-state index contributed by atoms with van der Waals surface area (Å²) < 4.78 is 2.08. The minimum Gasteiger partial charge on any atom is -0.264 e. The van der Waals surface area contributed by atoms with Gasteiger partial charge >= 0.3 is 0 Å². The number of nitrogens with zero attached hydrogens (tertiary/aromatic N) is 2. The Morgan fingerprint density at radius 3 is 2.60 bits per heavy atom. The molecule has 2 nitrogen and oxygen atoms in total. The smallest absolute Gasteiger partial charge is 0.0664 e. The molecule has 0 spiro atoms. The van der Waals surface area contributed by atoms with E-state index in [9.17, 15) is 0 Å². The molecule has 74 valence electrons. The van der Waals surface area contributed by atoms with E-state index in [0.717, 1.165) is 6.42 Å². The molecule has 0 aliphatic carbocycles. The van der Waals surface area contributed by atoms with E-state index in [4.69, 9.17) is 0 Å². The van der Waals surface area contributed by atoms with Gasteiger partial charge in [-0.25, -0.2) is 0 Å². The molecule has 15 heavy (non-hydrogen) atoms. The van der Waals surface area contributed by atoms with Crippen molar-refractivity contribution in [1.29, 1.82) is 0 Å². The van der Waals surface area contributed by atoms with Crippen LogP contribution in [0, 0.1) is 0 Å². The van der Waals surface area contributed by atoms with Crippen LogP contribution in [0.4, 0.5) is 5.69 Å². The number of para-hydroxylation sites is 1. The largest absolute Gasteiger partial charge is 0.264 e. The first-order valence-electron chi connectivity index (χ1n) is 5.12. The second kappa shape index (κ2) is 3.31. The lowest BCUT2D eigenvalue weighted by molar-refractivity contribution is 0.798. The molecule has 0 fully saturated rings. The maximum absolute atomic E-state index is 2.18. The summed E-state index contributed by atoms with van der Waals surface area (Å²) in [6, 6.07) is 12.6. The third kappa shape index (κ3) is 1.34. The first kappa shape index (κ1) is 8.36. The van der Waals surface area contributed by atoms with Crippen molar-refractivity contribution < 1.29 is 0 Å². The maximum atomic E-state index is 2.18. The highest BCUT2D eigenvalue weighted by atomic mass is 15.5. The van der Waals surface area contributed by atoms with Crippen LogP contribution in [-0.4, -0.2) is 4.68 Å². The van der Waals surface area contributed by atoms with Crippen LogP contribution in [0.25, 0.3) is 0 Å². The van der Waals surface area contributed by atoms with Crippen LogP contribution in [0.2, 0.25) is 0 Å². The molecule has 0 unspecified atom stereocenters.